The van der Waals surface area contributed by atoms with Gasteiger partial charge in [0, 0.05) is 22.0 Å². The molecule has 3 rings (SSSR count). The van der Waals surface area contributed by atoms with Crippen LogP contribution >= 0.6 is 31.9 Å². The third-order valence-corrected chi connectivity index (χ3v) is 4.42. The average Bonchev–Trinajstić information content (AvgIpc) is 2.49. The third-order valence-electron chi connectivity index (χ3n) is 3.31. The summed E-state index contributed by atoms with van der Waals surface area (Å²) in [4.78, 5) is 4.57. The first kappa shape index (κ1) is 15.3. The molecule has 0 aliphatic rings. The van der Waals surface area contributed by atoms with E-state index in [0.29, 0.717) is 5.88 Å². The number of rotatable bonds is 3. The van der Waals surface area contributed by atoms with Gasteiger partial charge < -0.3 is 9.47 Å². The van der Waals surface area contributed by atoms with E-state index < -0.39 is 0 Å². The molecule has 1 heterocycles. The second kappa shape index (κ2) is 6.26. The Bertz CT molecular complexity index is 849. The summed E-state index contributed by atoms with van der Waals surface area (Å²) >= 11 is 6.92. The van der Waals surface area contributed by atoms with Crippen molar-refractivity contribution in [3.63, 3.8) is 0 Å². The molecule has 0 amide bonds. The largest absolute Gasteiger partial charge is 0.497 e. The van der Waals surface area contributed by atoms with Gasteiger partial charge in [-0.3, -0.25) is 0 Å². The summed E-state index contributed by atoms with van der Waals surface area (Å²) in [5, 5.41) is 1.09. The van der Waals surface area contributed by atoms with E-state index in [2.05, 4.69) is 36.8 Å². The van der Waals surface area contributed by atoms with Gasteiger partial charge in [0.2, 0.25) is 5.88 Å². The molecule has 0 fully saturated rings. The Hall–Kier alpha value is -1.59. The number of methoxy groups -OCH3 is 1. The van der Waals surface area contributed by atoms with Crippen LogP contribution in [0.15, 0.2) is 51.4 Å². The van der Waals surface area contributed by atoms with Crippen LogP contribution in [0.25, 0.3) is 10.9 Å². The standard InChI is InChI=1S/C17H13Br2NO2/c1-10-7-17(22-16-6-3-11(18)8-14(16)19)20-15-9-12(21-2)4-5-13(10)15/h3-9H,1-2H3. The van der Waals surface area contributed by atoms with E-state index >= 15 is 0 Å². The number of aryl methyl sites for hydroxylation is 1. The first-order valence-electron chi connectivity index (χ1n) is 6.65. The van der Waals surface area contributed by atoms with Gasteiger partial charge in [-0.25, -0.2) is 4.98 Å². The molecule has 0 bridgehead atoms. The third kappa shape index (κ3) is 3.10. The molecule has 5 heteroatoms. The molecule has 0 saturated heterocycles. The molecule has 0 atom stereocenters. The monoisotopic (exact) mass is 421 g/mol. The van der Waals surface area contributed by atoms with E-state index in [1.165, 1.54) is 0 Å². The van der Waals surface area contributed by atoms with Gasteiger partial charge in [0.05, 0.1) is 17.1 Å². The first-order chi connectivity index (χ1) is 10.6. The van der Waals surface area contributed by atoms with Crippen LogP contribution < -0.4 is 9.47 Å². The SMILES string of the molecule is COc1ccc2c(C)cc(Oc3ccc(Br)cc3Br)nc2c1. The number of hydrogen-bond donors (Lipinski definition) is 0. The average molecular weight is 423 g/mol. The maximum absolute atomic E-state index is 5.91. The summed E-state index contributed by atoms with van der Waals surface area (Å²) in [6.45, 7) is 2.04. The number of aromatic nitrogens is 1. The van der Waals surface area contributed by atoms with Crippen molar-refractivity contribution in [2.75, 3.05) is 7.11 Å². The molecular weight excluding hydrogens is 410 g/mol. The van der Waals surface area contributed by atoms with E-state index in [1.807, 2.05) is 49.4 Å². The lowest BCUT2D eigenvalue weighted by Crippen LogP contribution is -1.92. The predicted molar refractivity (Wildman–Crippen MR) is 94.9 cm³/mol. The highest BCUT2D eigenvalue weighted by Crippen LogP contribution is 2.33. The summed E-state index contributed by atoms with van der Waals surface area (Å²) in [7, 11) is 1.65. The van der Waals surface area contributed by atoms with Crippen molar-refractivity contribution in [1.29, 1.82) is 0 Å². The summed E-state index contributed by atoms with van der Waals surface area (Å²) in [5.74, 6) is 2.06. The summed E-state index contributed by atoms with van der Waals surface area (Å²) in [6.07, 6.45) is 0. The molecule has 0 radical (unpaired) electrons. The fraction of sp³-hybridized carbons (Fsp3) is 0.118. The highest BCUT2D eigenvalue weighted by Gasteiger charge is 2.08. The highest BCUT2D eigenvalue weighted by molar-refractivity contribution is 9.11. The van der Waals surface area contributed by atoms with Crippen molar-refractivity contribution in [3.05, 3.63) is 57.0 Å². The molecule has 2 aromatic carbocycles. The Labute approximate surface area is 145 Å². The summed E-state index contributed by atoms with van der Waals surface area (Å²) < 4.78 is 13.0. The van der Waals surface area contributed by atoms with Crippen molar-refractivity contribution < 1.29 is 9.47 Å². The molecule has 1 aromatic heterocycles. The van der Waals surface area contributed by atoms with Gasteiger partial charge in [-0.2, -0.15) is 0 Å². The van der Waals surface area contributed by atoms with Gasteiger partial charge in [-0.1, -0.05) is 15.9 Å². The van der Waals surface area contributed by atoms with Crippen molar-refractivity contribution in [1.82, 2.24) is 4.98 Å². The van der Waals surface area contributed by atoms with Crippen LogP contribution in [-0.4, -0.2) is 12.1 Å². The zero-order valence-corrected chi connectivity index (χ0v) is 15.2. The van der Waals surface area contributed by atoms with E-state index in [-0.39, 0.29) is 0 Å². The molecule has 22 heavy (non-hydrogen) atoms. The molecule has 0 saturated carbocycles. The van der Waals surface area contributed by atoms with Crippen LogP contribution in [0.2, 0.25) is 0 Å². The Morgan fingerprint density at radius 2 is 1.82 bits per heavy atom. The smallest absolute Gasteiger partial charge is 0.220 e. The zero-order valence-electron chi connectivity index (χ0n) is 12.1. The number of pyridine rings is 1. The van der Waals surface area contributed by atoms with Crippen LogP contribution in [0, 0.1) is 6.92 Å². The number of ether oxygens (including phenoxy) is 2. The van der Waals surface area contributed by atoms with E-state index in [0.717, 1.165) is 36.9 Å². The van der Waals surface area contributed by atoms with E-state index in [9.17, 15) is 0 Å². The quantitative estimate of drug-likeness (QED) is 0.528. The van der Waals surface area contributed by atoms with Crippen molar-refractivity contribution in [3.8, 4) is 17.4 Å². The Balaban J connectivity index is 2.03. The molecule has 112 valence electrons. The van der Waals surface area contributed by atoms with Gasteiger partial charge in [0.15, 0.2) is 0 Å². The Morgan fingerprint density at radius 3 is 2.55 bits per heavy atom. The Kier molecular flexibility index (Phi) is 4.36. The fourth-order valence-electron chi connectivity index (χ4n) is 2.20. The molecule has 0 spiro atoms. The summed E-state index contributed by atoms with van der Waals surface area (Å²) in [5.41, 5.74) is 1.96. The maximum Gasteiger partial charge on any atom is 0.220 e. The minimum absolute atomic E-state index is 0.557. The van der Waals surface area contributed by atoms with Gasteiger partial charge in [0.25, 0.3) is 0 Å². The minimum atomic E-state index is 0.557. The molecule has 0 aliphatic carbocycles. The minimum Gasteiger partial charge on any atom is -0.497 e. The summed E-state index contributed by atoms with van der Waals surface area (Å²) in [6, 6.07) is 13.5. The van der Waals surface area contributed by atoms with Crippen LogP contribution in [0.1, 0.15) is 5.56 Å². The zero-order chi connectivity index (χ0) is 15.7. The van der Waals surface area contributed by atoms with Crippen LogP contribution in [0.5, 0.6) is 17.4 Å². The van der Waals surface area contributed by atoms with Gasteiger partial charge in [-0.05, 0) is 58.7 Å². The lowest BCUT2D eigenvalue weighted by atomic mass is 10.1. The molecule has 0 N–H and O–H groups in total. The van der Waals surface area contributed by atoms with E-state index in [1.54, 1.807) is 7.11 Å². The van der Waals surface area contributed by atoms with Gasteiger partial charge in [-0.15, -0.1) is 0 Å². The molecule has 0 unspecified atom stereocenters. The van der Waals surface area contributed by atoms with Gasteiger partial charge >= 0.3 is 0 Å². The topological polar surface area (TPSA) is 31.4 Å². The number of halogens is 2. The van der Waals surface area contributed by atoms with Crippen LogP contribution in [-0.2, 0) is 0 Å². The first-order valence-corrected chi connectivity index (χ1v) is 8.24. The maximum atomic E-state index is 5.91. The van der Waals surface area contributed by atoms with E-state index in [4.69, 9.17) is 9.47 Å². The predicted octanol–water partition coefficient (Wildman–Crippen LogP) is 5.87. The van der Waals surface area contributed by atoms with Crippen LogP contribution in [0.3, 0.4) is 0 Å². The highest BCUT2D eigenvalue weighted by atomic mass is 79.9. The number of hydrogen-bond acceptors (Lipinski definition) is 3. The van der Waals surface area contributed by atoms with Crippen molar-refractivity contribution in [2.45, 2.75) is 6.92 Å². The molecular formula is C17H13Br2NO2. The number of nitrogens with zero attached hydrogens (tertiary/aromatic N) is 1. The lowest BCUT2D eigenvalue weighted by molar-refractivity contribution is 0.415. The molecule has 0 aliphatic heterocycles. The van der Waals surface area contributed by atoms with Crippen molar-refractivity contribution >= 4 is 42.8 Å². The van der Waals surface area contributed by atoms with Gasteiger partial charge in [0.1, 0.15) is 11.5 Å². The normalized spacial score (nSPS) is 10.7. The molecule has 3 aromatic rings. The fourth-order valence-corrected chi connectivity index (χ4v) is 3.33. The number of benzene rings is 2. The Morgan fingerprint density at radius 1 is 1.00 bits per heavy atom. The second-order valence-electron chi connectivity index (χ2n) is 4.84. The lowest BCUT2D eigenvalue weighted by Gasteiger charge is -2.10. The van der Waals surface area contributed by atoms with Crippen molar-refractivity contribution in [2.24, 2.45) is 0 Å². The number of fused-ring (bicyclic) bond motifs is 1. The molecule has 3 nitrogen and oxygen atoms in total. The van der Waals surface area contributed by atoms with Crippen LogP contribution in [0.4, 0.5) is 0 Å². The second-order valence-corrected chi connectivity index (χ2v) is 6.61.